The van der Waals surface area contributed by atoms with Crippen molar-refractivity contribution < 1.29 is 9.53 Å². The van der Waals surface area contributed by atoms with Gasteiger partial charge in [-0.1, -0.05) is 13.3 Å². The summed E-state index contributed by atoms with van der Waals surface area (Å²) in [7, 11) is 0. The van der Waals surface area contributed by atoms with Gasteiger partial charge < -0.3 is 20.7 Å². The number of hydrogen-bond donors (Lipinski definition) is 2. The van der Waals surface area contributed by atoms with Gasteiger partial charge in [-0.05, 0) is 25.9 Å². The summed E-state index contributed by atoms with van der Waals surface area (Å²) < 4.78 is 5.94. The minimum absolute atomic E-state index is 0.0442. The summed E-state index contributed by atoms with van der Waals surface area (Å²) in [6.07, 6.45) is 3.65. The second kappa shape index (κ2) is 10.9. The molecule has 0 saturated carbocycles. The number of urea groups is 1. The Morgan fingerprint density at radius 1 is 1.17 bits per heavy atom. The zero-order valence-corrected chi connectivity index (χ0v) is 15.2. The first-order chi connectivity index (χ1) is 11.7. The minimum Gasteiger partial charge on any atom is -0.374 e. The maximum Gasteiger partial charge on any atom is 0.317 e. The van der Waals surface area contributed by atoms with Crippen LogP contribution >= 0.6 is 0 Å². The molecule has 2 heterocycles. The lowest BCUT2D eigenvalue weighted by molar-refractivity contribution is -0.0471. The molecule has 1 atom stereocenters. The van der Waals surface area contributed by atoms with E-state index in [4.69, 9.17) is 10.5 Å². The van der Waals surface area contributed by atoms with Crippen LogP contribution in [0.25, 0.3) is 0 Å². The average molecular weight is 342 g/mol. The van der Waals surface area contributed by atoms with Crippen molar-refractivity contribution in [1.29, 1.82) is 0 Å². The molecule has 2 aliphatic rings. The summed E-state index contributed by atoms with van der Waals surface area (Å²) in [6, 6.07) is 0.0442. The van der Waals surface area contributed by atoms with Gasteiger partial charge in [0.2, 0.25) is 0 Å². The van der Waals surface area contributed by atoms with Crippen LogP contribution in [-0.2, 0) is 4.74 Å². The van der Waals surface area contributed by atoms with Crippen LogP contribution < -0.4 is 11.1 Å². The lowest BCUT2D eigenvalue weighted by Crippen LogP contribution is -2.55. The van der Waals surface area contributed by atoms with Crippen molar-refractivity contribution in [3.05, 3.63) is 0 Å². The molecular weight excluding hydrogens is 306 g/mol. The van der Waals surface area contributed by atoms with Gasteiger partial charge in [-0.15, -0.1) is 0 Å². The van der Waals surface area contributed by atoms with E-state index in [1.807, 2.05) is 4.90 Å². The molecule has 3 N–H and O–H groups in total. The predicted molar refractivity (Wildman–Crippen MR) is 96.2 cm³/mol. The molecule has 0 spiro atoms. The number of hydrogen-bond acceptors (Lipinski definition) is 5. The quantitative estimate of drug-likeness (QED) is 0.616. The first-order valence-corrected chi connectivity index (χ1v) is 9.52. The van der Waals surface area contributed by atoms with Gasteiger partial charge in [0.1, 0.15) is 0 Å². The van der Waals surface area contributed by atoms with Crippen LogP contribution in [0.5, 0.6) is 0 Å². The number of nitrogens with one attached hydrogen (secondary N) is 1. The number of carbonyl (C=O) groups excluding carboxylic acids is 1. The number of unbranched alkanes of at least 4 members (excludes halogenated alkanes) is 1. The van der Waals surface area contributed by atoms with Crippen LogP contribution in [0.2, 0.25) is 0 Å². The summed E-state index contributed by atoms with van der Waals surface area (Å²) in [5.74, 6) is 0. The Morgan fingerprint density at radius 2 is 1.96 bits per heavy atom. The number of carbonyl (C=O) groups is 1. The molecule has 2 amide bonds. The third-order valence-electron chi connectivity index (χ3n) is 4.83. The van der Waals surface area contributed by atoms with Crippen LogP contribution in [0, 0.1) is 0 Å². The largest absolute Gasteiger partial charge is 0.374 e. The first kappa shape index (κ1) is 19.4. The number of ether oxygens (including phenoxy) is 1. The highest BCUT2D eigenvalue weighted by atomic mass is 16.5. The zero-order valence-electron chi connectivity index (χ0n) is 15.2. The highest BCUT2D eigenvalue weighted by molar-refractivity contribution is 5.74. The summed E-state index contributed by atoms with van der Waals surface area (Å²) >= 11 is 0. The van der Waals surface area contributed by atoms with Gasteiger partial charge in [-0.2, -0.15) is 0 Å². The van der Waals surface area contributed by atoms with Crippen molar-refractivity contribution in [2.24, 2.45) is 5.73 Å². The van der Waals surface area contributed by atoms with Crippen molar-refractivity contribution in [2.75, 3.05) is 72.1 Å². The molecule has 1 unspecified atom stereocenters. The normalized spacial score (nSPS) is 23.4. The summed E-state index contributed by atoms with van der Waals surface area (Å²) in [4.78, 5) is 18.9. The van der Waals surface area contributed by atoms with Gasteiger partial charge in [0.15, 0.2) is 0 Å². The maximum absolute atomic E-state index is 12.0. The molecule has 0 aliphatic carbocycles. The number of morpholine rings is 1. The van der Waals surface area contributed by atoms with Crippen molar-refractivity contribution in [3.63, 3.8) is 0 Å². The Morgan fingerprint density at radius 3 is 2.67 bits per heavy atom. The van der Waals surface area contributed by atoms with Crippen LogP contribution in [-0.4, -0.2) is 98.9 Å². The number of nitrogens with zero attached hydrogens (tertiary/aromatic N) is 3. The Labute approximate surface area is 146 Å². The fraction of sp³-hybridized carbons (Fsp3) is 0.941. The molecule has 2 aliphatic heterocycles. The third-order valence-corrected chi connectivity index (χ3v) is 4.83. The fourth-order valence-electron chi connectivity index (χ4n) is 3.31. The molecule has 0 aromatic rings. The fourth-order valence-corrected chi connectivity index (χ4v) is 3.31. The van der Waals surface area contributed by atoms with Gasteiger partial charge in [0.05, 0.1) is 12.7 Å². The van der Waals surface area contributed by atoms with E-state index in [9.17, 15) is 4.79 Å². The molecular formula is C17H35N5O2. The predicted octanol–water partition coefficient (Wildman–Crippen LogP) is 0.163. The maximum atomic E-state index is 12.0. The van der Waals surface area contributed by atoms with Crippen molar-refractivity contribution in [1.82, 2.24) is 20.0 Å². The molecule has 2 rings (SSSR count). The van der Waals surface area contributed by atoms with E-state index in [1.54, 1.807) is 0 Å². The molecule has 24 heavy (non-hydrogen) atoms. The van der Waals surface area contributed by atoms with Gasteiger partial charge in [-0.25, -0.2) is 4.79 Å². The second-order valence-corrected chi connectivity index (χ2v) is 6.81. The number of piperazine rings is 1. The van der Waals surface area contributed by atoms with Gasteiger partial charge in [-0.3, -0.25) is 9.80 Å². The Bertz CT molecular complexity index is 361. The third kappa shape index (κ3) is 6.55. The average Bonchev–Trinajstić information content (AvgIpc) is 2.61. The van der Waals surface area contributed by atoms with Gasteiger partial charge in [0.25, 0.3) is 0 Å². The first-order valence-electron chi connectivity index (χ1n) is 9.52. The van der Waals surface area contributed by atoms with Gasteiger partial charge >= 0.3 is 6.03 Å². The number of amides is 2. The van der Waals surface area contributed by atoms with Crippen molar-refractivity contribution in [2.45, 2.75) is 32.3 Å². The smallest absolute Gasteiger partial charge is 0.317 e. The van der Waals surface area contributed by atoms with E-state index in [0.29, 0.717) is 19.2 Å². The second-order valence-electron chi connectivity index (χ2n) is 6.81. The Balaban J connectivity index is 1.64. The topological polar surface area (TPSA) is 74.1 Å². The summed E-state index contributed by atoms with van der Waals surface area (Å²) in [5.41, 5.74) is 5.45. The molecule has 2 fully saturated rings. The van der Waals surface area contributed by atoms with Gasteiger partial charge in [0, 0.05) is 52.4 Å². The monoisotopic (exact) mass is 341 g/mol. The molecule has 0 aromatic heterocycles. The summed E-state index contributed by atoms with van der Waals surface area (Å²) in [6.45, 7) is 12.1. The minimum atomic E-state index is 0.0442. The lowest BCUT2D eigenvalue weighted by atomic mass is 10.2. The molecule has 0 bridgehead atoms. The molecule has 2 saturated heterocycles. The highest BCUT2D eigenvalue weighted by Gasteiger charge is 2.26. The summed E-state index contributed by atoms with van der Waals surface area (Å²) in [5, 5.41) is 2.93. The van der Waals surface area contributed by atoms with Crippen molar-refractivity contribution >= 4 is 6.03 Å². The van der Waals surface area contributed by atoms with Crippen molar-refractivity contribution in [3.8, 4) is 0 Å². The standard InChI is InChI=1S/C17H35N5O2/c1-2-3-7-20-12-13-24-16(14-20)15-21-8-10-22(11-9-21)17(23)19-6-4-5-18/h16H,2-15,18H2,1H3,(H,19,23). The van der Waals surface area contributed by atoms with E-state index in [1.165, 1.54) is 19.4 Å². The van der Waals surface area contributed by atoms with Crippen LogP contribution in [0.4, 0.5) is 4.79 Å². The molecule has 0 aromatic carbocycles. The van der Waals surface area contributed by atoms with Crippen LogP contribution in [0.1, 0.15) is 26.2 Å². The SMILES string of the molecule is CCCCN1CCOC(CN2CCN(C(=O)NCCCN)CC2)C1. The van der Waals surface area contributed by atoms with E-state index in [0.717, 1.165) is 58.8 Å². The molecule has 7 heteroatoms. The van der Waals surface area contributed by atoms with E-state index in [-0.39, 0.29) is 6.03 Å². The Kier molecular flexibility index (Phi) is 8.80. The molecule has 140 valence electrons. The zero-order chi connectivity index (χ0) is 17.2. The molecule has 7 nitrogen and oxygen atoms in total. The number of nitrogens with two attached hydrogens (primary N) is 1. The Hall–Kier alpha value is -0.890. The van der Waals surface area contributed by atoms with E-state index in [2.05, 4.69) is 22.0 Å². The highest BCUT2D eigenvalue weighted by Crippen LogP contribution is 2.10. The van der Waals surface area contributed by atoms with Crippen LogP contribution in [0.15, 0.2) is 0 Å². The van der Waals surface area contributed by atoms with E-state index < -0.39 is 0 Å². The van der Waals surface area contributed by atoms with E-state index >= 15 is 0 Å². The number of rotatable bonds is 8. The molecule has 0 radical (unpaired) electrons. The lowest BCUT2D eigenvalue weighted by Gasteiger charge is -2.39. The van der Waals surface area contributed by atoms with Crippen LogP contribution in [0.3, 0.4) is 0 Å².